The fourth-order valence-electron chi connectivity index (χ4n) is 2.68. The van der Waals surface area contributed by atoms with Crippen LogP contribution in [-0.2, 0) is 15.3 Å². The van der Waals surface area contributed by atoms with Gasteiger partial charge < -0.3 is 20.1 Å². The van der Waals surface area contributed by atoms with Crippen LogP contribution in [0.4, 0.5) is 48.3 Å². The summed E-state index contributed by atoms with van der Waals surface area (Å²) < 4.78 is 151. The molecule has 1 saturated heterocycles. The summed E-state index contributed by atoms with van der Waals surface area (Å²) in [5, 5.41) is 28.4. The van der Waals surface area contributed by atoms with Gasteiger partial charge in [-0.25, -0.2) is 4.79 Å². The molecule has 1 unspecified atom stereocenters. The van der Waals surface area contributed by atoms with Crippen molar-refractivity contribution in [1.82, 2.24) is 9.55 Å². The number of H-pyrrole nitrogens is 1. The third-order valence-corrected chi connectivity index (χ3v) is 4.46. The monoisotopic (exact) mass is 528 g/mol. The molecule has 0 saturated carbocycles. The van der Waals surface area contributed by atoms with Gasteiger partial charge in [-0.1, -0.05) is 0 Å². The first-order chi connectivity index (χ1) is 15.1. The Labute approximate surface area is 177 Å². The van der Waals surface area contributed by atoms with Crippen molar-refractivity contribution in [1.29, 1.82) is 0 Å². The number of nitrogens with zero attached hydrogens (tertiary/aromatic N) is 1. The first kappa shape index (κ1) is 28.0. The van der Waals surface area contributed by atoms with Crippen LogP contribution in [0.1, 0.15) is 11.8 Å². The highest BCUT2D eigenvalue weighted by atomic mass is 19.4. The lowest BCUT2D eigenvalue weighted by molar-refractivity contribution is -0.488. The number of aliphatic hydroxyl groups is 3. The molecule has 0 bridgehead atoms. The maximum atomic E-state index is 14.8. The van der Waals surface area contributed by atoms with Crippen molar-refractivity contribution in [2.45, 2.75) is 54.8 Å². The van der Waals surface area contributed by atoms with Crippen LogP contribution in [0.25, 0.3) is 0 Å². The summed E-state index contributed by atoms with van der Waals surface area (Å²) in [7, 11) is 0. The van der Waals surface area contributed by atoms with E-state index < -0.39 is 84.4 Å². The zero-order chi connectivity index (χ0) is 26.7. The molecule has 2 rings (SSSR count). The van der Waals surface area contributed by atoms with Crippen LogP contribution in [0.2, 0.25) is 0 Å². The Bertz CT molecular complexity index is 1020. The summed E-state index contributed by atoms with van der Waals surface area (Å²) in [5.41, 5.74) is -7.19. The number of aliphatic hydroxyl groups excluding tert-OH is 3. The molecule has 0 aromatic carbocycles. The largest absolute Gasteiger partial charge is 0.462 e. The van der Waals surface area contributed by atoms with Gasteiger partial charge in [0.15, 0.2) is 6.23 Å². The predicted octanol–water partition coefficient (Wildman–Crippen LogP) is 0.640. The average Bonchev–Trinajstić information content (AvgIpc) is 2.94. The van der Waals surface area contributed by atoms with Gasteiger partial charge in [0, 0.05) is 6.20 Å². The minimum absolute atomic E-state index is 0.343. The van der Waals surface area contributed by atoms with Crippen molar-refractivity contribution in [3.63, 3.8) is 0 Å². The summed E-state index contributed by atoms with van der Waals surface area (Å²) in [4.78, 5) is 24.6. The van der Waals surface area contributed by atoms with Crippen LogP contribution in [0.3, 0.4) is 0 Å². The van der Waals surface area contributed by atoms with Crippen LogP contribution in [-0.4, -0.2) is 74.2 Å². The van der Waals surface area contributed by atoms with Gasteiger partial charge in [0.05, 0.1) is 6.61 Å². The molecule has 1 fully saturated rings. The third-order valence-electron chi connectivity index (χ3n) is 4.46. The van der Waals surface area contributed by atoms with Crippen molar-refractivity contribution in [2.75, 3.05) is 6.61 Å². The summed E-state index contributed by atoms with van der Waals surface area (Å²) in [5.74, 6) is -13.8. The van der Waals surface area contributed by atoms with Gasteiger partial charge in [0.2, 0.25) is 0 Å². The Kier molecular flexibility index (Phi) is 6.93. The van der Waals surface area contributed by atoms with E-state index in [0.717, 1.165) is 4.98 Å². The second-order valence-electron chi connectivity index (χ2n) is 6.72. The average molecular weight is 528 g/mol. The zero-order valence-electron chi connectivity index (χ0n) is 15.7. The normalized spacial score (nSPS) is 26.5. The van der Waals surface area contributed by atoms with Crippen LogP contribution in [0.15, 0.2) is 15.8 Å². The van der Waals surface area contributed by atoms with Crippen molar-refractivity contribution < 1.29 is 73.1 Å². The predicted molar refractivity (Wildman–Crippen MR) is 80.2 cm³/mol. The van der Waals surface area contributed by atoms with Crippen molar-refractivity contribution in [2.24, 2.45) is 0 Å². The van der Waals surface area contributed by atoms with E-state index >= 15 is 0 Å². The van der Waals surface area contributed by atoms with Gasteiger partial charge >= 0.3 is 35.9 Å². The Morgan fingerprint density at radius 3 is 1.88 bits per heavy atom. The van der Waals surface area contributed by atoms with E-state index in [1.165, 1.54) is 0 Å². The SMILES string of the molecule is O=c1[nH]c(=O)n([C@@H]2O[C@H](CO)[C@@H](O)[C@H]2O)cc1C(F)(OC(F)(F)C(F)(F)C(F)(F)F)C(F)(F)F. The molecule has 1 aliphatic rings. The van der Waals surface area contributed by atoms with Gasteiger partial charge in [0.1, 0.15) is 23.9 Å². The van der Waals surface area contributed by atoms with Gasteiger partial charge in [-0.15, -0.1) is 0 Å². The van der Waals surface area contributed by atoms with Gasteiger partial charge in [-0.3, -0.25) is 19.1 Å². The number of hydrogen-bond donors (Lipinski definition) is 4. The van der Waals surface area contributed by atoms with Crippen LogP contribution < -0.4 is 11.2 Å². The first-order valence-electron chi connectivity index (χ1n) is 8.39. The second kappa shape index (κ2) is 8.43. The molecule has 0 spiro atoms. The number of ether oxygens (including phenoxy) is 2. The van der Waals surface area contributed by atoms with E-state index in [4.69, 9.17) is 9.84 Å². The molecule has 2 heterocycles. The summed E-state index contributed by atoms with van der Waals surface area (Å²) in [6.45, 7) is -1.07. The number of aromatic amines is 1. The minimum atomic E-state index is -7.40. The molecular weight excluding hydrogens is 517 g/mol. The van der Waals surface area contributed by atoms with E-state index in [2.05, 4.69) is 4.74 Å². The molecule has 196 valence electrons. The molecule has 1 aliphatic heterocycles. The van der Waals surface area contributed by atoms with E-state index in [-0.39, 0.29) is 4.57 Å². The molecule has 0 amide bonds. The van der Waals surface area contributed by atoms with Crippen molar-refractivity contribution in [3.8, 4) is 0 Å². The zero-order valence-corrected chi connectivity index (χ0v) is 15.7. The fraction of sp³-hybridized carbons (Fsp3) is 0.714. The highest BCUT2D eigenvalue weighted by molar-refractivity contribution is 5.16. The van der Waals surface area contributed by atoms with Crippen molar-refractivity contribution >= 4 is 0 Å². The Hall–Kier alpha value is -2.29. The highest BCUT2D eigenvalue weighted by Crippen LogP contribution is 2.53. The van der Waals surface area contributed by atoms with E-state index in [1.54, 1.807) is 0 Å². The number of rotatable bonds is 6. The number of alkyl halides is 11. The Morgan fingerprint density at radius 1 is 0.941 bits per heavy atom. The molecular formula is C14H11F11N2O7. The fourth-order valence-corrected chi connectivity index (χ4v) is 2.68. The third kappa shape index (κ3) is 4.39. The molecule has 9 nitrogen and oxygen atoms in total. The molecule has 20 heteroatoms. The maximum Gasteiger partial charge on any atom is 0.462 e. The molecule has 0 aliphatic carbocycles. The van der Waals surface area contributed by atoms with E-state index in [0.29, 0.717) is 0 Å². The lowest BCUT2D eigenvalue weighted by Gasteiger charge is -2.35. The molecule has 4 N–H and O–H groups in total. The summed E-state index contributed by atoms with van der Waals surface area (Å²) in [6, 6.07) is 0. The molecule has 5 atom stereocenters. The van der Waals surface area contributed by atoms with Crippen molar-refractivity contribution in [3.05, 3.63) is 32.6 Å². The lowest BCUT2D eigenvalue weighted by atomic mass is 10.1. The highest BCUT2D eigenvalue weighted by Gasteiger charge is 2.78. The van der Waals surface area contributed by atoms with Gasteiger partial charge in [-0.2, -0.15) is 48.3 Å². The number of hydrogen-bond acceptors (Lipinski definition) is 7. The second-order valence-corrected chi connectivity index (χ2v) is 6.72. The maximum absolute atomic E-state index is 14.8. The summed E-state index contributed by atoms with van der Waals surface area (Å²) >= 11 is 0. The lowest BCUT2D eigenvalue weighted by Crippen LogP contribution is -2.59. The smallest absolute Gasteiger partial charge is 0.394 e. The number of halogens is 11. The van der Waals surface area contributed by atoms with Crippen LogP contribution in [0.5, 0.6) is 0 Å². The first-order valence-corrected chi connectivity index (χ1v) is 8.39. The van der Waals surface area contributed by atoms with E-state index in [1.807, 2.05) is 0 Å². The molecule has 1 aromatic rings. The summed E-state index contributed by atoms with van der Waals surface area (Å²) in [6.07, 6.45) is -30.4. The van der Waals surface area contributed by atoms with Crippen LogP contribution >= 0.6 is 0 Å². The molecule has 0 radical (unpaired) electrons. The Balaban J connectivity index is 2.71. The minimum Gasteiger partial charge on any atom is -0.394 e. The Morgan fingerprint density at radius 2 is 1.47 bits per heavy atom. The number of aromatic nitrogens is 2. The molecule has 1 aromatic heterocycles. The van der Waals surface area contributed by atoms with E-state index in [9.17, 15) is 68.1 Å². The quantitative estimate of drug-likeness (QED) is 0.399. The topological polar surface area (TPSA) is 134 Å². The van der Waals surface area contributed by atoms with Gasteiger partial charge in [-0.05, 0) is 0 Å². The van der Waals surface area contributed by atoms with Gasteiger partial charge in [0.25, 0.3) is 5.56 Å². The van der Waals surface area contributed by atoms with Crippen LogP contribution in [0, 0.1) is 0 Å². The number of nitrogens with one attached hydrogen (secondary N) is 1. The standard InChI is InChI=1S/C14H11F11N2O7/c15-10(12(18,19)20,34-14(24,25)11(16,17)13(21,22)23)3-1-27(9(32)26-7(3)31)8-6(30)5(29)4(2-28)33-8/h1,4-6,8,28-30H,2H2,(H,26,31,32)/t4-,5-,6-,8-,10?/m1/s1. The molecule has 34 heavy (non-hydrogen) atoms.